The van der Waals surface area contributed by atoms with E-state index in [0.29, 0.717) is 25.4 Å². The summed E-state index contributed by atoms with van der Waals surface area (Å²) in [6.07, 6.45) is 7.86. The molecule has 0 aromatic carbocycles. The molecule has 182 valence electrons. The van der Waals surface area contributed by atoms with E-state index in [-0.39, 0.29) is 49.4 Å². The molecule has 10 nitrogen and oxygen atoms in total. The maximum Gasteiger partial charge on any atom is 0.290 e. The van der Waals surface area contributed by atoms with Crippen molar-refractivity contribution in [3.63, 3.8) is 0 Å². The zero-order valence-electron chi connectivity index (χ0n) is 19.7. The van der Waals surface area contributed by atoms with E-state index >= 15 is 0 Å². The van der Waals surface area contributed by atoms with Crippen LogP contribution in [-0.2, 0) is 25.7 Å². The van der Waals surface area contributed by atoms with E-state index < -0.39 is 5.41 Å². The maximum atomic E-state index is 13.8. The molecule has 3 aliphatic rings. The second-order valence-electron chi connectivity index (χ2n) is 9.74. The van der Waals surface area contributed by atoms with Crippen LogP contribution in [0.15, 0.2) is 12.4 Å². The van der Waals surface area contributed by atoms with Gasteiger partial charge in [-0.1, -0.05) is 13.8 Å². The third kappa shape index (κ3) is 5.20. The fourth-order valence-corrected chi connectivity index (χ4v) is 5.61. The first kappa shape index (κ1) is 24.7. The molecule has 1 aromatic rings. The van der Waals surface area contributed by atoms with Gasteiger partial charge in [0.05, 0.1) is 18.2 Å². The van der Waals surface area contributed by atoms with E-state index in [1.165, 1.54) is 0 Å². The minimum atomic E-state index is -0.569. The third-order valence-corrected chi connectivity index (χ3v) is 7.01. The van der Waals surface area contributed by atoms with Crippen LogP contribution in [0.2, 0.25) is 0 Å². The van der Waals surface area contributed by atoms with Gasteiger partial charge in [0.1, 0.15) is 6.54 Å². The number of hydrogen-bond donors (Lipinski definition) is 2. The van der Waals surface area contributed by atoms with Crippen LogP contribution in [0.4, 0.5) is 0 Å². The van der Waals surface area contributed by atoms with Crippen LogP contribution in [0, 0.1) is 18.3 Å². The maximum absolute atomic E-state index is 13.8. The standard InChI is InChI=1S/C22H33N5O3.CH2O2/c1-15(2)6-7-22(21(30)25-9-8-23-19(28)13-25)10-17-4-5-18(22)27(17)20(29)14-26-12-16(3)11-24-26;2-1-3/h11-12,15,17-18H,4-10,13-14H2,1-3H3,(H,23,28);1H,(H,2,3)/t17-,18+,22+;/m1./s1. The Morgan fingerprint density at radius 3 is 2.70 bits per heavy atom. The van der Waals surface area contributed by atoms with Gasteiger partial charge in [-0.05, 0) is 50.5 Å². The van der Waals surface area contributed by atoms with Gasteiger partial charge in [0.15, 0.2) is 0 Å². The first-order valence-corrected chi connectivity index (χ1v) is 11.7. The van der Waals surface area contributed by atoms with Gasteiger partial charge >= 0.3 is 0 Å². The Kier molecular flexibility index (Phi) is 7.76. The molecule has 2 bridgehead atoms. The minimum Gasteiger partial charge on any atom is -0.483 e. The summed E-state index contributed by atoms with van der Waals surface area (Å²) in [6, 6.07) is 0.0248. The van der Waals surface area contributed by atoms with Crippen molar-refractivity contribution in [1.82, 2.24) is 24.9 Å². The van der Waals surface area contributed by atoms with E-state index in [1.807, 2.05) is 18.0 Å². The number of rotatable bonds is 6. The number of carbonyl (C=O) groups excluding carboxylic acids is 3. The van der Waals surface area contributed by atoms with Crippen LogP contribution in [0.5, 0.6) is 0 Å². The molecule has 0 saturated carbocycles. The molecule has 4 rings (SSSR count). The predicted octanol–water partition coefficient (Wildman–Crippen LogP) is 1.04. The molecule has 3 atom stereocenters. The molecule has 4 heterocycles. The van der Waals surface area contributed by atoms with Crippen molar-refractivity contribution in [2.24, 2.45) is 11.3 Å². The molecule has 0 radical (unpaired) electrons. The average Bonchev–Trinajstić information content (AvgIpc) is 3.45. The van der Waals surface area contributed by atoms with Gasteiger partial charge in [-0.3, -0.25) is 23.9 Å². The van der Waals surface area contributed by atoms with E-state index in [2.05, 4.69) is 24.3 Å². The minimum absolute atomic E-state index is 0.0428. The van der Waals surface area contributed by atoms with Crippen LogP contribution in [0.25, 0.3) is 0 Å². The summed E-state index contributed by atoms with van der Waals surface area (Å²) in [5.74, 6) is 0.493. The molecule has 3 aliphatic heterocycles. The average molecular weight is 462 g/mol. The quantitative estimate of drug-likeness (QED) is 0.610. The summed E-state index contributed by atoms with van der Waals surface area (Å²) in [4.78, 5) is 51.0. The van der Waals surface area contributed by atoms with Gasteiger partial charge in [0.25, 0.3) is 6.47 Å². The zero-order valence-corrected chi connectivity index (χ0v) is 19.7. The molecule has 0 spiro atoms. The highest BCUT2D eigenvalue weighted by Gasteiger charge is 2.61. The van der Waals surface area contributed by atoms with Gasteiger partial charge < -0.3 is 20.2 Å². The lowest BCUT2D eigenvalue weighted by Crippen LogP contribution is -2.57. The van der Waals surface area contributed by atoms with Crippen LogP contribution in [-0.4, -0.2) is 80.6 Å². The number of aromatic nitrogens is 2. The van der Waals surface area contributed by atoms with Gasteiger partial charge in [0.2, 0.25) is 17.7 Å². The molecular weight excluding hydrogens is 426 g/mol. The lowest BCUT2D eigenvalue weighted by atomic mass is 9.69. The van der Waals surface area contributed by atoms with Crippen LogP contribution in [0.1, 0.15) is 51.5 Å². The largest absolute Gasteiger partial charge is 0.483 e. The van der Waals surface area contributed by atoms with Crippen LogP contribution in [0.3, 0.4) is 0 Å². The molecule has 0 unspecified atom stereocenters. The summed E-state index contributed by atoms with van der Waals surface area (Å²) >= 11 is 0. The van der Waals surface area contributed by atoms with Gasteiger partial charge in [0, 0.05) is 31.4 Å². The highest BCUT2D eigenvalue weighted by Crippen LogP contribution is 2.53. The van der Waals surface area contributed by atoms with Crippen molar-refractivity contribution in [3.05, 3.63) is 18.0 Å². The van der Waals surface area contributed by atoms with E-state index in [0.717, 1.165) is 31.2 Å². The normalized spacial score (nSPS) is 26.1. The summed E-state index contributed by atoms with van der Waals surface area (Å²) in [5.41, 5.74) is 0.456. The molecule has 3 saturated heterocycles. The second-order valence-corrected chi connectivity index (χ2v) is 9.74. The Hall–Kier alpha value is -2.91. The number of fused-ring (bicyclic) bond motifs is 2. The number of hydrogen-bond acceptors (Lipinski definition) is 5. The predicted molar refractivity (Wildman–Crippen MR) is 120 cm³/mol. The Labute approximate surface area is 194 Å². The Bertz CT molecular complexity index is 884. The van der Waals surface area contributed by atoms with Crippen molar-refractivity contribution in [2.75, 3.05) is 19.6 Å². The second kappa shape index (κ2) is 10.4. The first-order valence-electron chi connectivity index (χ1n) is 11.7. The molecule has 0 aliphatic carbocycles. The van der Waals surface area contributed by atoms with E-state index in [4.69, 9.17) is 9.90 Å². The Balaban J connectivity index is 0.000000968. The number of carbonyl (C=O) groups is 4. The number of carboxylic acid groups (broad SMARTS) is 1. The van der Waals surface area contributed by atoms with Gasteiger partial charge in [-0.15, -0.1) is 0 Å². The lowest BCUT2D eigenvalue weighted by Gasteiger charge is -2.41. The number of piperazine rings is 1. The van der Waals surface area contributed by atoms with Gasteiger partial charge in [-0.25, -0.2) is 0 Å². The fourth-order valence-electron chi connectivity index (χ4n) is 5.61. The van der Waals surface area contributed by atoms with E-state index in [1.54, 1.807) is 15.8 Å². The van der Waals surface area contributed by atoms with Crippen LogP contribution < -0.4 is 5.32 Å². The molecule has 2 N–H and O–H groups in total. The lowest BCUT2D eigenvalue weighted by molar-refractivity contribution is -0.150. The van der Waals surface area contributed by atoms with Crippen molar-refractivity contribution < 1.29 is 24.3 Å². The fraction of sp³-hybridized carbons (Fsp3) is 0.696. The summed E-state index contributed by atoms with van der Waals surface area (Å²) in [5, 5.41) is 14.0. The van der Waals surface area contributed by atoms with Crippen molar-refractivity contribution in [3.8, 4) is 0 Å². The first-order chi connectivity index (χ1) is 15.7. The number of nitrogens with one attached hydrogen (secondary N) is 1. The Morgan fingerprint density at radius 2 is 2.09 bits per heavy atom. The van der Waals surface area contributed by atoms with Crippen molar-refractivity contribution >= 4 is 24.2 Å². The zero-order chi connectivity index (χ0) is 24.2. The topological polar surface area (TPSA) is 125 Å². The molecular formula is C23H35N5O5. The summed E-state index contributed by atoms with van der Waals surface area (Å²) in [6.45, 7) is 7.43. The summed E-state index contributed by atoms with van der Waals surface area (Å²) in [7, 11) is 0. The van der Waals surface area contributed by atoms with Crippen LogP contribution >= 0.6 is 0 Å². The highest BCUT2D eigenvalue weighted by molar-refractivity contribution is 5.91. The van der Waals surface area contributed by atoms with E-state index in [9.17, 15) is 14.4 Å². The number of aryl methyl sites for hydroxylation is 1. The number of amides is 3. The van der Waals surface area contributed by atoms with Crippen molar-refractivity contribution in [1.29, 1.82) is 0 Å². The third-order valence-electron chi connectivity index (χ3n) is 7.01. The molecule has 3 fully saturated rings. The highest BCUT2D eigenvalue weighted by atomic mass is 16.3. The Morgan fingerprint density at radius 1 is 1.36 bits per heavy atom. The molecule has 33 heavy (non-hydrogen) atoms. The molecule has 10 heteroatoms. The monoisotopic (exact) mass is 461 g/mol. The van der Waals surface area contributed by atoms with Gasteiger partial charge in [-0.2, -0.15) is 5.10 Å². The number of nitrogens with zero attached hydrogens (tertiary/aromatic N) is 4. The SMILES string of the molecule is Cc1cnn(CC(=O)N2[C@@H]3CC[C@H]2[C@@](CCC(C)C)(C(=O)N2CCNC(=O)C2)C3)c1.O=CO. The smallest absolute Gasteiger partial charge is 0.290 e. The molecule has 1 aromatic heterocycles. The molecule has 3 amide bonds. The summed E-state index contributed by atoms with van der Waals surface area (Å²) < 4.78 is 1.68. The van der Waals surface area contributed by atoms with Crippen molar-refractivity contribution in [2.45, 2.75) is 71.5 Å².